The van der Waals surface area contributed by atoms with Crippen molar-refractivity contribution in [2.24, 2.45) is 0 Å². The molecule has 0 radical (unpaired) electrons. The molecule has 0 saturated heterocycles. The zero-order valence-electron chi connectivity index (χ0n) is 12.8. The quantitative estimate of drug-likeness (QED) is 0.807. The van der Waals surface area contributed by atoms with Crippen LogP contribution in [0.3, 0.4) is 0 Å². The number of aryl methyl sites for hydroxylation is 1. The molecule has 0 aliphatic rings. The Morgan fingerprint density at radius 3 is 2.56 bits per heavy atom. The van der Waals surface area contributed by atoms with Crippen LogP contribution in [-0.2, 0) is 6.54 Å². The van der Waals surface area contributed by atoms with E-state index in [1.54, 1.807) is 0 Å². The zero-order chi connectivity index (χ0) is 13.7. The SMILES string of the molecule is CCCNC(C)/C(C)=C/c1cc(C)n(CC)c1C. The van der Waals surface area contributed by atoms with Crippen LogP contribution in [0.2, 0.25) is 0 Å². The van der Waals surface area contributed by atoms with Gasteiger partial charge in [0.05, 0.1) is 0 Å². The second-order valence-electron chi connectivity index (χ2n) is 5.13. The summed E-state index contributed by atoms with van der Waals surface area (Å²) in [5, 5.41) is 3.53. The number of nitrogens with zero attached hydrogens (tertiary/aromatic N) is 1. The van der Waals surface area contributed by atoms with E-state index in [1.165, 1.54) is 28.9 Å². The summed E-state index contributed by atoms with van der Waals surface area (Å²) in [5.41, 5.74) is 5.48. The molecule has 0 amide bonds. The number of hydrogen-bond donors (Lipinski definition) is 1. The molecule has 0 fully saturated rings. The van der Waals surface area contributed by atoms with Crippen LogP contribution in [0.25, 0.3) is 6.08 Å². The number of rotatable bonds is 6. The standard InChI is InChI=1S/C16H28N2/c1-7-9-17-14(5)12(3)10-16-11-13(4)18(8-2)15(16)6/h10-11,14,17H,7-9H2,1-6H3/b12-10+. The Bertz CT molecular complexity index is 413. The van der Waals surface area contributed by atoms with Gasteiger partial charge in [0.1, 0.15) is 0 Å². The zero-order valence-corrected chi connectivity index (χ0v) is 12.8. The Hall–Kier alpha value is -1.02. The Labute approximate surface area is 112 Å². The highest BCUT2D eigenvalue weighted by Gasteiger charge is 2.08. The van der Waals surface area contributed by atoms with E-state index in [9.17, 15) is 0 Å². The highest BCUT2D eigenvalue weighted by Crippen LogP contribution is 2.19. The average Bonchev–Trinajstić information content (AvgIpc) is 2.60. The minimum absolute atomic E-state index is 0.453. The topological polar surface area (TPSA) is 17.0 Å². The monoisotopic (exact) mass is 248 g/mol. The van der Waals surface area contributed by atoms with Crippen LogP contribution in [0, 0.1) is 13.8 Å². The van der Waals surface area contributed by atoms with Crippen LogP contribution >= 0.6 is 0 Å². The van der Waals surface area contributed by atoms with Crippen LogP contribution in [0.15, 0.2) is 11.6 Å². The van der Waals surface area contributed by atoms with E-state index < -0.39 is 0 Å². The summed E-state index contributed by atoms with van der Waals surface area (Å²) in [6, 6.07) is 2.74. The van der Waals surface area contributed by atoms with Gasteiger partial charge in [-0.3, -0.25) is 0 Å². The van der Waals surface area contributed by atoms with E-state index in [0.29, 0.717) is 6.04 Å². The van der Waals surface area contributed by atoms with Gasteiger partial charge < -0.3 is 9.88 Å². The maximum absolute atomic E-state index is 3.53. The second-order valence-corrected chi connectivity index (χ2v) is 5.13. The van der Waals surface area contributed by atoms with Gasteiger partial charge in [0.2, 0.25) is 0 Å². The van der Waals surface area contributed by atoms with Crippen molar-refractivity contribution in [3.63, 3.8) is 0 Å². The smallest absolute Gasteiger partial charge is 0.0251 e. The van der Waals surface area contributed by atoms with Gasteiger partial charge in [-0.2, -0.15) is 0 Å². The molecule has 0 saturated carbocycles. The molecule has 1 unspecified atom stereocenters. The molecular weight excluding hydrogens is 220 g/mol. The van der Waals surface area contributed by atoms with Gasteiger partial charge in [0, 0.05) is 24.0 Å². The first-order chi connectivity index (χ1) is 8.51. The average molecular weight is 248 g/mol. The van der Waals surface area contributed by atoms with E-state index in [4.69, 9.17) is 0 Å². The summed E-state index contributed by atoms with van der Waals surface area (Å²) in [7, 11) is 0. The van der Waals surface area contributed by atoms with E-state index in [-0.39, 0.29) is 0 Å². The molecule has 1 atom stereocenters. The molecule has 1 aromatic heterocycles. The fraction of sp³-hybridized carbons (Fsp3) is 0.625. The molecule has 0 aliphatic carbocycles. The van der Waals surface area contributed by atoms with Gasteiger partial charge >= 0.3 is 0 Å². The molecule has 0 aromatic carbocycles. The van der Waals surface area contributed by atoms with Gasteiger partial charge in [-0.05, 0) is 59.2 Å². The molecule has 0 bridgehead atoms. The Morgan fingerprint density at radius 1 is 1.39 bits per heavy atom. The van der Waals surface area contributed by atoms with Crippen molar-refractivity contribution in [2.75, 3.05) is 6.54 Å². The molecular formula is C16H28N2. The lowest BCUT2D eigenvalue weighted by Crippen LogP contribution is -2.27. The van der Waals surface area contributed by atoms with Crippen molar-refractivity contribution in [1.82, 2.24) is 9.88 Å². The molecule has 102 valence electrons. The predicted molar refractivity (Wildman–Crippen MR) is 81.0 cm³/mol. The third kappa shape index (κ3) is 3.49. The van der Waals surface area contributed by atoms with Crippen molar-refractivity contribution in [3.8, 4) is 0 Å². The first kappa shape index (κ1) is 15.0. The third-order valence-electron chi connectivity index (χ3n) is 3.70. The number of aromatic nitrogens is 1. The Kier molecular flexibility index (Phi) is 5.67. The summed E-state index contributed by atoms with van der Waals surface area (Å²) in [4.78, 5) is 0. The van der Waals surface area contributed by atoms with Crippen molar-refractivity contribution in [2.45, 2.75) is 60.5 Å². The lowest BCUT2D eigenvalue weighted by molar-refractivity contribution is 0.604. The van der Waals surface area contributed by atoms with Gasteiger partial charge in [0.25, 0.3) is 0 Å². The highest BCUT2D eigenvalue weighted by molar-refractivity contribution is 5.57. The van der Waals surface area contributed by atoms with E-state index in [1.807, 2.05) is 0 Å². The molecule has 1 rings (SSSR count). The first-order valence-corrected chi connectivity index (χ1v) is 7.09. The van der Waals surface area contributed by atoms with Crippen molar-refractivity contribution in [1.29, 1.82) is 0 Å². The maximum Gasteiger partial charge on any atom is 0.0251 e. The van der Waals surface area contributed by atoms with Crippen molar-refractivity contribution in [3.05, 3.63) is 28.6 Å². The van der Waals surface area contributed by atoms with Gasteiger partial charge in [-0.1, -0.05) is 18.6 Å². The van der Waals surface area contributed by atoms with Crippen LogP contribution in [-0.4, -0.2) is 17.2 Å². The van der Waals surface area contributed by atoms with Crippen LogP contribution in [0.1, 0.15) is 51.1 Å². The van der Waals surface area contributed by atoms with Crippen LogP contribution in [0.5, 0.6) is 0 Å². The predicted octanol–water partition coefficient (Wildman–Crippen LogP) is 3.92. The summed E-state index contributed by atoms with van der Waals surface area (Å²) < 4.78 is 2.36. The molecule has 2 nitrogen and oxygen atoms in total. The van der Waals surface area contributed by atoms with E-state index >= 15 is 0 Å². The lowest BCUT2D eigenvalue weighted by Gasteiger charge is -2.14. The summed E-state index contributed by atoms with van der Waals surface area (Å²) in [6.45, 7) is 15.4. The fourth-order valence-corrected chi connectivity index (χ4v) is 2.35. The van der Waals surface area contributed by atoms with Crippen LogP contribution in [0.4, 0.5) is 0 Å². The highest BCUT2D eigenvalue weighted by atomic mass is 15.0. The lowest BCUT2D eigenvalue weighted by atomic mass is 10.1. The second kappa shape index (κ2) is 6.79. The molecule has 18 heavy (non-hydrogen) atoms. The Balaban J connectivity index is 2.88. The Morgan fingerprint density at radius 2 is 2.06 bits per heavy atom. The van der Waals surface area contributed by atoms with Crippen molar-refractivity contribution < 1.29 is 0 Å². The van der Waals surface area contributed by atoms with Crippen molar-refractivity contribution >= 4 is 6.08 Å². The number of hydrogen-bond acceptors (Lipinski definition) is 1. The molecule has 1 heterocycles. The van der Waals surface area contributed by atoms with Gasteiger partial charge in [-0.15, -0.1) is 0 Å². The summed E-state index contributed by atoms with van der Waals surface area (Å²) in [6.07, 6.45) is 3.50. The minimum Gasteiger partial charge on any atom is -0.349 e. The maximum atomic E-state index is 3.53. The largest absolute Gasteiger partial charge is 0.349 e. The van der Waals surface area contributed by atoms with Gasteiger partial charge in [-0.25, -0.2) is 0 Å². The minimum atomic E-state index is 0.453. The number of nitrogens with one attached hydrogen (secondary N) is 1. The van der Waals surface area contributed by atoms with Crippen LogP contribution < -0.4 is 5.32 Å². The molecule has 0 aliphatic heterocycles. The third-order valence-corrected chi connectivity index (χ3v) is 3.70. The van der Waals surface area contributed by atoms with E-state index in [2.05, 4.69) is 63.6 Å². The van der Waals surface area contributed by atoms with E-state index in [0.717, 1.165) is 13.1 Å². The fourth-order valence-electron chi connectivity index (χ4n) is 2.35. The molecule has 0 spiro atoms. The summed E-state index contributed by atoms with van der Waals surface area (Å²) >= 11 is 0. The van der Waals surface area contributed by atoms with Gasteiger partial charge in [0.15, 0.2) is 0 Å². The molecule has 1 aromatic rings. The first-order valence-electron chi connectivity index (χ1n) is 7.09. The normalized spacial score (nSPS) is 14.0. The molecule has 2 heteroatoms. The summed E-state index contributed by atoms with van der Waals surface area (Å²) in [5.74, 6) is 0. The molecule has 1 N–H and O–H groups in total.